The topological polar surface area (TPSA) is 123 Å². The first-order valence-corrected chi connectivity index (χ1v) is 11.0. The minimum absolute atomic E-state index is 0.0185. The summed E-state index contributed by atoms with van der Waals surface area (Å²) in [5.41, 5.74) is 7.89. The number of nitrogen functional groups attached to an aromatic ring is 1. The van der Waals surface area contributed by atoms with Gasteiger partial charge in [-0.25, -0.2) is 18.9 Å². The van der Waals surface area contributed by atoms with Gasteiger partial charge in [0.15, 0.2) is 23.2 Å². The van der Waals surface area contributed by atoms with Crippen molar-refractivity contribution < 1.29 is 13.9 Å². The van der Waals surface area contributed by atoms with E-state index in [1.54, 1.807) is 31.3 Å². The number of phenolic OH excluding ortho intramolecular Hbond substituents is 1. The Balaban J connectivity index is 1.66. The Bertz CT molecular complexity index is 1640. The van der Waals surface area contributed by atoms with Crippen molar-refractivity contribution in [3.05, 3.63) is 94.4 Å². The van der Waals surface area contributed by atoms with Gasteiger partial charge in [0.05, 0.1) is 17.3 Å². The zero-order valence-corrected chi connectivity index (χ0v) is 19.3. The summed E-state index contributed by atoms with van der Waals surface area (Å²) in [5, 5.41) is 17.7. The van der Waals surface area contributed by atoms with Crippen molar-refractivity contribution in [2.45, 2.75) is 19.9 Å². The molecule has 0 unspecified atom stereocenters. The highest BCUT2D eigenvalue weighted by Gasteiger charge is 2.23. The van der Waals surface area contributed by atoms with Gasteiger partial charge in [-0.05, 0) is 55.3 Å². The molecule has 0 spiro atoms. The van der Waals surface area contributed by atoms with Crippen LogP contribution in [-0.2, 0) is 0 Å². The van der Waals surface area contributed by atoms with E-state index >= 15 is 0 Å². The number of nitrogens with two attached hydrogens (primary N) is 1. The van der Waals surface area contributed by atoms with Gasteiger partial charge >= 0.3 is 0 Å². The van der Waals surface area contributed by atoms with Crippen LogP contribution >= 0.6 is 0 Å². The summed E-state index contributed by atoms with van der Waals surface area (Å²) in [7, 11) is 0. The number of nitrogens with zero attached hydrogens (tertiary/aromatic N) is 5. The summed E-state index contributed by atoms with van der Waals surface area (Å²) in [5.74, 6) is -2.97. The normalized spacial score (nSPS) is 12.1. The Labute approximate surface area is 203 Å². The van der Waals surface area contributed by atoms with Gasteiger partial charge in [-0.15, -0.1) is 0 Å². The van der Waals surface area contributed by atoms with Gasteiger partial charge in [-0.2, -0.15) is 9.49 Å². The highest BCUT2D eigenvalue weighted by Crippen LogP contribution is 2.36. The highest BCUT2D eigenvalue weighted by molar-refractivity contribution is 5.84. The molecule has 0 radical (unpaired) electrons. The predicted octanol–water partition coefficient (Wildman–Crippen LogP) is 3.99. The third-order valence-corrected chi connectivity index (χ3v) is 5.84. The Kier molecular flexibility index (Phi) is 5.59. The molecule has 9 nitrogen and oxygen atoms in total. The lowest BCUT2D eigenvalue weighted by Crippen LogP contribution is -2.29. The van der Waals surface area contributed by atoms with Crippen molar-refractivity contribution in [1.82, 2.24) is 24.1 Å². The number of anilines is 2. The van der Waals surface area contributed by atoms with Gasteiger partial charge in [-0.3, -0.25) is 9.36 Å². The Morgan fingerprint density at radius 2 is 1.86 bits per heavy atom. The van der Waals surface area contributed by atoms with Gasteiger partial charge in [0, 0.05) is 6.20 Å². The van der Waals surface area contributed by atoms with Crippen LogP contribution in [0.2, 0.25) is 0 Å². The first-order chi connectivity index (χ1) is 17.3. The van der Waals surface area contributed by atoms with Crippen LogP contribution in [0.15, 0.2) is 65.8 Å². The average molecular weight is 489 g/mol. The van der Waals surface area contributed by atoms with Crippen LogP contribution < -0.4 is 16.6 Å². The van der Waals surface area contributed by atoms with Crippen LogP contribution in [0.1, 0.15) is 24.4 Å². The van der Waals surface area contributed by atoms with E-state index in [4.69, 9.17) is 5.73 Å². The van der Waals surface area contributed by atoms with Gasteiger partial charge in [0.1, 0.15) is 23.5 Å². The molecule has 36 heavy (non-hydrogen) atoms. The predicted molar refractivity (Wildman–Crippen MR) is 131 cm³/mol. The second-order valence-electron chi connectivity index (χ2n) is 8.27. The maximum atomic E-state index is 14.1. The van der Waals surface area contributed by atoms with E-state index in [0.29, 0.717) is 17.0 Å². The van der Waals surface area contributed by atoms with Crippen LogP contribution in [0, 0.1) is 18.6 Å². The molecule has 0 aliphatic rings. The molecule has 4 N–H and O–H groups in total. The van der Waals surface area contributed by atoms with E-state index in [-0.39, 0.29) is 28.3 Å². The van der Waals surface area contributed by atoms with Gasteiger partial charge in [0.2, 0.25) is 0 Å². The Hall–Kier alpha value is -4.80. The van der Waals surface area contributed by atoms with Gasteiger partial charge in [0.25, 0.3) is 5.56 Å². The number of hydrogen-bond donors (Lipinski definition) is 3. The average Bonchev–Trinajstić information content (AvgIpc) is 3.23. The molecule has 5 aromatic rings. The lowest BCUT2D eigenvalue weighted by atomic mass is 10.1. The van der Waals surface area contributed by atoms with E-state index in [0.717, 1.165) is 17.7 Å². The molecule has 11 heteroatoms. The molecule has 3 heterocycles. The number of rotatable bonds is 5. The zero-order valence-electron chi connectivity index (χ0n) is 19.3. The monoisotopic (exact) mass is 489 g/mol. The van der Waals surface area contributed by atoms with Crippen molar-refractivity contribution in [2.75, 3.05) is 11.1 Å². The Morgan fingerprint density at radius 1 is 1.11 bits per heavy atom. The summed E-state index contributed by atoms with van der Waals surface area (Å²) >= 11 is 0. The Morgan fingerprint density at radius 3 is 2.58 bits per heavy atom. The minimum Gasteiger partial charge on any atom is -0.505 e. The van der Waals surface area contributed by atoms with Crippen LogP contribution in [-0.4, -0.2) is 29.3 Å². The fourth-order valence-corrected chi connectivity index (χ4v) is 4.12. The molecule has 3 aromatic heterocycles. The minimum atomic E-state index is -1.37. The fraction of sp³-hybridized carbons (Fsp3) is 0.120. The first-order valence-electron chi connectivity index (χ1n) is 11.0. The maximum absolute atomic E-state index is 14.1. The third kappa shape index (κ3) is 3.80. The number of aryl methyl sites for hydroxylation is 1. The van der Waals surface area contributed by atoms with Crippen LogP contribution in [0.3, 0.4) is 0 Å². The van der Waals surface area contributed by atoms with Crippen molar-refractivity contribution in [1.29, 1.82) is 0 Å². The molecule has 2 aromatic carbocycles. The first kappa shape index (κ1) is 23.0. The molecule has 0 amide bonds. The molecule has 0 saturated carbocycles. The van der Waals surface area contributed by atoms with E-state index in [2.05, 4.69) is 20.4 Å². The molecule has 5 rings (SSSR count). The van der Waals surface area contributed by atoms with Crippen molar-refractivity contribution in [3.8, 4) is 22.6 Å². The van der Waals surface area contributed by atoms with Crippen molar-refractivity contribution in [3.63, 3.8) is 0 Å². The summed E-state index contributed by atoms with van der Waals surface area (Å²) in [6.45, 7) is 3.61. The SMILES string of the molecule is Cc1ccn2nc([C@H](C)Nc3ncnc(N)c3-c3cc(O)c(F)c(F)c3)n(-c3ccccc3)c(=O)c12. The number of nitrogens with one attached hydrogen (secondary N) is 1. The molecule has 0 aliphatic heterocycles. The molecule has 182 valence electrons. The quantitative estimate of drug-likeness (QED) is 0.341. The molecular formula is C25H21F2N7O2. The van der Waals surface area contributed by atoms with E-state index in [1.807, 2.05) is 25.1 Å². The van der Waals surface area contributed by atoms with E-state index in [1.165, 1.54) is 15.4 Å². The standard InChI is InChI=1S/C25H21F2N7O2/c1-13-8-9-33-21(13)25(36)34(16-6-4-3-5-7-16)24(32-33)14(2)31-23-19(22(28)29-12-30-23)15-10-17(26)20(27)18(35)11-15/h3-12,14,35H,1-2H3,(H3,28,29,30,31)/t14-/m0/s1. The van der Waals surface area contributed by atoms with E-state index < -0.39 is 23.4 Å². The fourth-order valence-electron chi connectivity index (χ4n) is 4.12. The van der Waals surface area contributed by atoms with Crippen LogP contribution in [0.25, 0.3) is 22.3 Å². The lowest BCUT2D eigenvalue weighted by molar-refractivity contribution is 0.407. The van der Waals surface area contributed by atoms with Gasteiger partial charge in [-0.1, -0.05) is 18.2 Å². The largest absolute Gasteiger partial charge is 0.505 e. The number of hydrogen-bond acceptors (Lipinski definition) is 7. The second-order valence-corrected chi connectivity index (χ2v) is 8.27. The van der Waals surface area contributed by atoms with Crippen LogP contribution in [0.4, 0.5) is 20.4 Å². The number of halogens is 2. The summed E-state index contributed by atoms with van der Waals surface area (Å²) in [6.07, 6.45) is 2.92. The van der Waals surface area contributed by atoms with Crippen LogP contribution in [0.5, 0.6) is 5.75 Å². The second kappa shape index (κ2) is 8.77. The van der Waals surface area contributed by atoms with E-state index in [9.17, 15) is 18.7 Å². The lowest BCUT2D eigenvalue weighted by Gasteiger charge is -2.21. The molecule has 0 bridgehead atoms. The third-order valence-electron chi connectivity index (χ3n) is 5.84. The van der Waals surface area contributed by atoms with Crippen molar-refractivity contribution in [2.24, 2.45) is 0 Å². The number of para-hydroxylation sites is 1. The number of fused-ring (bicyclic) bond motifs is 1. The van der Waals surface area contributed by atoms with Crippen molar-refractivity contribution >= 4 is 17.2 Å². The molecule has 0 saturated heterocycles. The van der Waals surface area contributed by atoms with Gasteiger partial charge < -0.3 is 16.2 Å². The molecule has 1 atom stereocenters. The number of aromatic hydroxyl groups is 1. The molecule has 0 fully saturated rings. The summed E-state index contributed by atoms with van der Waals surface area (Å²) in [4.78, 5) is 21.7. The summed E-state index contributed by atoms with van der Waals surface area (Å²) < 4.78 is 30.8. The molecule has 0 aliphatic carbocycles. The maximum Gasteiger partial charge on any atom is 0.282 e. The number of benzene rings is 2. The number of aromatic nitrogens is 5. The zero-order chi connectivity index (χ0) is 25.6. The smallest absolute Gasteiger partial charge is 0.282 e. The summed E-state index contributed by atoms with van der Waals surface area (Å²) in [6, 6.07) is 12.2. The highest BCUT2D eigenvalue weighted by atomic mass is 19.2. The molecular weight excluding hydrogens is 468 g/mol. The number of phenols is 1.